The Kier molecular flexibility index (Phi) is 9.96. The molecule has 1 aliphatic carbocycles. The molecule has 2 aromatic carbocycles. The number of rotatable bonds is 9. The van der Waals surface area contributed by atoms with E-state index in [0.29, 0.717) is 23.0 Å². The third kappa shape index (κ3) is 7.66. The molecule has 0 heterocycles. The number of benzene rings is 2. The van der Waals surface area contributed by atoms with Gasteiger partial charge in [-0.1, -0.05) is 73.2 Å². The van der Waals surface area contributed by atoms with Crippen LogP contribution in [0.3, 0.4) is 0 Å². The Morgan fingerprint density at radius 2 is 1.76 bits per heavy atom. The van der Waals surface area contributed by atoms with Crippen LogP contribution < -0.4 is 5.32 Å². The lowest BCUT2D eigenvalue weighted by Gasteiger charge is -2.32. The minimum atomic E-state index is -0.535. The zero-order valence-electron chi connectivity index (χ0n) is 19.3. The SMILES string of the molecule is CCC(C(=O)NC1CCCCC1)N(Cc1ccc(Cl)c(Cl)c1)C(=O)CSc1ccc(C)cc1. The van der Waals surface area contributed by atoms with Gasteiger partial charge in [-0.05, 0) is 56.0 Å². The molecule has 2 amide bonds. The van der Waals surface area contributed by atoms with E-state index >= 15 is 0 Å². The molecule has 1 saturated carbocycles. The summed E-state index contributed by atoms with van der Waals surface area (Å²) < 4.78 is 0. The summed E-state index contributed by atoms with van der Waals surface area (Å²) in [5, 5.41) is 4.11. The summed E-state index contributed by atoms with van der Waals surface area (Å²) in [6.45, 7) is 4.30. The maximum absolute atomic E-state index is 13.4. The van der Waals surface area contributed by atoms with Gasteiger partial charge in [0.1, 0.15) is 6.04 Å². The molecule has 2 aromatic rings. The standard InChI is InChI=1S/C26H32Cl2N2O2S/c1-3-24(26(32)29-20-7-5-4-6-8-20)30(16-19-11-14-22(27)23(28)15-19)25(31)17-33-21-12-9-18(2)10-13-21/h9-15,20,24H,3-8,16-17H2,1-2H3,(H,29,32). The van der Waals surface area contributed by atoms with Gasteiger partial charge in [0.2, 0.25) is 11.8 Å². The van der Waals surface area contributed by atoms with Crippen LogP contribution >= 0.6 is 35.0 Å². The van der Waals surface area contributed by atoms with E-state index < -0.39 is 6.04 Å². The Hall–Kier alpha value is -1.69. The zero-order valence-corrected chi connectivity index (χ0v) is 21.6. The lowest BCUT2D eigenvalue weighted by atomic mass is 9.95. The van der Waals surface area contributed by atoms with E-state index in [1.807, 2.05) is 44.2 Å². The quantitative estimate of drug-likeness (QED) is 0.387. The minimum Gasteiger partial charge on any atom is -0.352 e. The molecule has 1 fully saturated rings. The van der Waals surface area contributed by atoms with Gasteiger partial charge >= 0.3 is 0 Å². The molecular weight excluding hydrogens is 475 g/mol. The van der Waals surface area contributed by atoms with Gasteiger partial charge in [0.25, 0.3) is 0 Å². The van der Waals surface area contributed by atoms with Crippen LogP contribution in [-0.2, 0) is 16.1 Å². The summed E-state index contributed by atoms with van der Waals surface area (Å²) in [7, 11) is 0. The molecule has 4 nitrogen and oxygen atoms in total. The maximum Gasteiger partial charge on any atom is 0.243 e. The predicted molar refractivity (Wildman–Crippen MR) is 138 cm³/mol. The van der Waals surface area contributed by atoms with E-state index in [-0.39, 0.29) is 23.6 Å². The highest BCUT2D eigenvalue weighted by atomic mass is 35.5. The van der Waals surface area contributed by atoms with Crippen molar-refractivity contribution in [1.82, 2.24) is 10.2 Å². The zero-order chi connectivity index (χ0) is 23.8. The van der Waals surface area contributed by atoms with Crippen LogP contribution in [0.5, 0.6) is 0 Å². The Morgan fingerprint density at radius 3 is 2.39 bits per heavy atom. The molecule has 0 spiro atoms. The Labute approximate surface area is 211 Å². The minimum absolute atomic E-state index is 0.0712. The van der Waals surface area contributed by atoms with Crippen molar-refractivity contribution in [2.75, 3.05) is 5.75 Å². The molecule has 0 bridgehead atoms. The van der Waals surface area contributed by atoms with Crippen molar-refractivity contribution in [2.45, 2.75) is 75.9 Å². The van der Waals surface area contributed by atoms with Gasteiger partial charge in [-0.3, -0.25) is 9.59 Å². The fourth-order valence-corrected chi connectivity index (χ4v) is 5.27. The van der Waals surface area contributed by atoms with Gasteiger partial charge in [-0.25, -0.2) is 0 Å². The van der Waals surface area contributed by atoms with E-state index in [4.69, 9.17) is 23.2 Å². The molecule has 1 aliphatic rings. The molecule has 0 saturated heterocycles. The number of nitrogens with zero attached hydrogens (tertiary/aromatic N) is 1. The summed E-state index contributed by atoms with van der Waals surface area (Å²) in [4.78, 5) is 29.4. The first-order valence-electron chi connectivity index (χ1n) is 11.6. The average molecular weight is 508 g/mol. The van der Waals surface area contributed by atoms with Crippen molar-refractivity contribution in [3.05, 3.63) is 63.6 Å². The molecule has 0 aliphatic heterocycles. The van der Waals surface area contributed by atoms with E-state index in [0.717, 1.165) is 36.1 Å². The Balaban J connectivity index is 1.77. The second-order valence-electron chi connectivity index (χ2n) is 8.64. The van der Waals surface area contributed by atoms with Crippen LogP contribution in [0.4, 0.5) is 0 Å². The predicted octanol–water partition coefficient (Wildman–Crippen LogP) is 6.65. The Morgan fingerprint density at radius 1 is 1.06 bits per heavy atom. The van der Waals surface area contributed by atoms with E-state index in [1.165, 1.54) is 23.7 Å². The highest BCUT2D eigenvalue weighted by Crippen LogP contribution is 2.26. The van der Waals surface area contributed by atoms with Crippen molar-refractivity contribution in [3.8, 4) is 0 Å². The number of thioether (sulfide) groups is 1. The van der Waals surface area contributed by atoms with E-state index in [2.05, 4.69) is 5.32 Å². The van der Waals surface area contributed by atoms with Crippen molar-refractivity contribution >= 4 is 46.8 Å². The second-order valence-corrected chi connectivity index (χ2v) is 10.5. The van der Waals surface area contributed by atoms with Crippen LogP contribution in [0, 0.1) is 6.92 Å². The van der Waals surface area contributed by atoms with Gasteiger partial charge in [0.05, 0.1) is 15.8 Å². The van der Waals surface area contributed by atoms with Crippen LogP contribution in [-0.4, -0.2) is 34.6 Å². The molecule has 7 heteroatoms. The maximum atomic E-state index is 13.4. The van der Waals surface area contributed by atoms with Crippen LogP contribution in [0.15, 0.2) is 47.4 Å². The average Bonchev–Trinajstić information content (AvgIpc) is 2.81. The largest absolute Gasteiger partial charge is 0.352 e. The number of aryl methyl sites for hydroxylation is 1. The monoisotopic (exact) mass is 506 g/mol. The first-order chi connectivity index (χ1) is 15.9. The van der Waals surface area contributed by atoms with Crippen molar-refractivity contribution in [3.63, 3.8) is 0 Å². The third-order valence-corrected chi connectivity index (χ3v) is 7.79. The molecule has 3 rings (SSSR count). The smallest absolute Gasteiger partial charge is 0.243 e. The lowest BCUT2D eigenvalue weighted by Crippen LogP contribution is -2.52. The van der Waals surface area contributed by atoms with Gasteiger partial charge in [0.15, 0.2) is 0 Å². The number of nitrogens with one attached hydrogen (secondary N) is 1. The number of carbonyl (C=O) groups is 2. The topological polar surface area (TPSA) is 49.4 Å². The Bertz CT molecular complexity index is 946. The molecule has 1 N–H and O–H groups in total. The van der Waals surface area contributed by atoms with Crippen LogP contribution in [0.2, 0.25) is 10.0 Å². The van der Waals surface area contributed by atoms with Gasteiger partial charge in [-0.15, -0.1) is 11.8 Å². The first-order valence-corrected chi connectivity index (χ1v) is 13.3. The first kappa shape index (κ1) is 25.9. The molecular formula is C26H32Cl2N2O2S. The van der Waals surface area contributed by atoms with Crippen molar-refractivity contribution < 1.29 is 9.59 Å². The summed E-state index contributed by atoms with van der Waals surface area (Å²) in [6, 6.07) is 13.1. The molecule has 0 radical (unpaired) electrons. The van der Waals surface area contributed by atoms with Crippen molar-refractivity contribution in [1.29, 1.82) is 0 Å². The number of halogens is 2. The number of hydrogen-bond acceptors (Lipinski definition) is 3. The van der Waals surface area contributed by atoms with Gasteiger partial charge < -0.3 is 10.2 Å². The summed E-state index contributed by atoms with van der Waals surface area (Å²) in [5.41, 5.74) is 2.03. The third-order valence-electron chi connectivity index (χ3n) is 6.06. The van der Waals surface area contributed by atoms with Crippen LogP contribution in [0.1, 0.15) is 56.6 Å². The number of amides is 2. The fraction of sp³-hybridized carbons (Fsp3) is 0.462. The molecule has 1 atom stereocenters. The summed E-state index contributed by atoms with van der Waals surface area (Å²) in [6.07, 6.45) is 6.06. The van der Waals surface area contributed by atoms with Gasteiger partial charge in [0, 0.05) is 17.5 Å². The summed E-state index contributed by atoms with van der Waals surface area (Å²) in [5.74, 6) is 0.118. The molecule has 178 valence electrons. The van der Waals surface area contributed by atoms with E-state index in [1.54, 1.807) is 17.0 Å². The lowest BCUT2D eigenvalue weighted by molar-refractivity contribution is -0.139. The van der Waals surface area contributed by atoms with E-state index in [9.17, 15) is 9.59 Å². The highest BCUT2D eigenvalue weighted by molar-refractivity contribution is 8.00. The molecule has 0 aromatic heterocycles. The normalized spacial score (nSPS) is 15.2. The van der Waals surface area contributed by atoms with Crippen LogP contribution in [0.25, 0.3) is 0 Å². The van der Waals surface area contributed by atoms with Crippen molar-refractivity contribution in [2.24, 2.45) is 0 Å². The second kappa shape index (κ2) is 12.7. The molecule has 1 unspecified atom stereocenters. The number of hydrogen-bond donors (Lipinski definition) is 1. The molecule has 33 heavy (non-hydrogen) atoms. The number of carbonyl (C=O) groups excluding carboxylic acids is 2. The fourth-order valence-electron chi connectivity index (χ4n) is 4.16. The van der Waals surface area contributed by atoms with Gasteiger partial charge in [-0.2, -0.15) is 0 Å². The summed E-state index contributed by atoms with van der Waals surface area (Å²) >= 11 is 13.8. The highest BCUT2D eigenvalue weighted by Gasteiger charge is 2.30.